The lowest BCUT2D eigenvalue weighted by Crippen LogP contribution is -2.44. The number of amides is 1. The van der Waals surface area contributed by atoms with Crippen LogP contribution >= 0.6 is 0 Å². The van der Waals surface area contributed by atoms with Crippen LogP contribution in [0.25, 0.3) is 10.9 Å². The van der Waals surface area contributed by atoms with Gasteiger partial charge >= 0.3 is 5.97 Å². The van der Waals surface area contributed by atoms with Crippen LogP contribution in [0.15, 0.2) is 60.8 Å². The maximum absolute atomic E-state index is 12.8. The summed E-state index contributed by atoms with van der Waals surface area (Å²) in [6, 6.07) is 16.7. The molecule has 0 radical (unpaired) electrons. The molecule has 2 aromatic carbocycles. The monoisotopic (exact) mass is 350 g/mol. The number of aliphatic carboxylic acids is 1. The van der Waals surface area contributed by atoms with Crippen molar-refractivity contribution < 1.29 is 14.7 Å². The van der Waals surface area contributed by atoms with Crippen LogP contribution in [0.5, 0.6) is 0 Å². The average molecular weight is 350 g/mol. The van der Waals surface area contributed by atoms with Crippen LogP contribution < -0.4 is 5.32 Å². The molecule has 0 unspecified atom stereocenters. The van der Waals surface area contributed by atoms with E-state index in [1.165, 1.54) is 0 Å². The first kappa shape index (κ1) is 17.7. The van der Waals surface area contributed by atoms with Crippen LogP contribution in [-0.2, 0) is 11.3 Å². The lowest BCUT2D eigenvalue weighted by molar-refractivity contribution is -0.140. The summed E-state index contributed by atoms with van der Waals surface area (Å²) in [5.74, 6) is -1.59. The van der Waals surface area contributed by atoms with Crippen molar-refractivity contribution in [3.05, 3.63) is 71.9 Å². The number of para-hydroxylation sites is 1. The summed E-state index contributed by atoms with van der Waals surface area (Å²) in [6.07, 6.45) is 1.80. The zero-order valence-corrected chi connectivity index (χ0v) is 14.8. The highest BCUT2D eigenvalue weighted by Crippen LogP contribution is 2.23. The summed E-state index contributed by atoms with van der Waals surface area (Å²) in [5, 5.41) is 12.8. The molecule has 3 rings (SSSR count). The number of fused-ring (bicyclic) bond motifs is 1. The predicted molar refractivity (Wildman–Crippen MR) is 101 cm³/mol. The van der Waals surface area contributed by atoms with Crippen LogP contribution in [0, 0.1) is 5.92 Å². The average Bonchev–Trinajstić information content (AvgIpc) is 2.99. The molecule has 0 saturated heterocycles. The third-order valence-corrected chi connectivity index (χ3v) is 4.45. The van der Waals surface area contributed by atoms with Crippen LogP contribution in [-0.4, -0.2) is 27.6 Å². The van der Waals surface area contributed by atoms with Crippen molar-refractivity contribution in [1.82, 2.24) is 9.88 Å². The SMILES string of the molecule is CC(C)[C@H](NC(=O)c1cn(Cc2ccccc2)c2ccccc12)C(=O)O. The topological polar surface area (TPSA) is 71.3 Å². The second kappa shape index (κ2) is 7.44. The van der Waals surface area contributed by atoms with Crippen molar-refractivity contribution in [1.29, 1.82) is 0 Å². The molecule has 134 valence electrons. The number of aromatic nitrogens is 1. The Hall–Kier alpha value is -3.08. The molecule has 5 heteroatoms. The number of nitrogens with zero attached hydrogens (tertiary/aromatic N) is 1. The van der Waals surface area contributed by atoms with Crippen molar-refractivity contribution in [3.63, 3.8) is 0 Å². The van der Waals surface area contributed by atoms with E-state index in [-0.39, 0.29) is 11.8 Å². The summed E-state index contributed by atoms with van der Waals surface area (Å²) < 4.78 is 2.02. The molecule has 0 aliphatic rings. The molecule has 0 saturated carbocycles. The molecule has 3 aromatic rings. The number of carboxylic acid groups (broad SMARTS) is 1. The molecule has 0 aliphatic carbocycles. The first-order chi connectivity index (χ1) is 12.5. The van der Waals surface area contributed by atoms with Gasteiger partial charge in [0.25, 0.3) is 5.91 Å². The minimum Gasteiger partial charge on any atom is -0.480 e. The summed E-state index contributed by atoms with van der Waals surface area (Å²) in [7, 11) is 0. The van der Waals surface area contributed by atoms with Crippen LogP contribution in [0.4, 0.5) is 0 Å². The standard InChI is InChI=1S/C21H22N2O3/c1-14(2)19(21(25)26)22-20(24)17-13-23(12-15-8-4-3-5-9-15)18-11-7-6-10-16(17)18/h3-11,13-14,19H,12H2,1-2H3,(H,22,24)(H,25,26)/t19-/m0/s1. The molecule has 2 N–H and O–H groups in total. The van der Waals surface area contributed by atoms with Gasteiger partial charge in [-0.25, -0.2) is 4.79 Å². The number of carboxylic acids is 1. The minimum atomic E-state index is -1.03. The Morgan fingerprint density at radius 3 is 2.35 bits per heavy atom. The minimum absolute atomic E-state index is 0.200. The van der Waals surface area contributed by atoms with Crippen LogP contribution in [0.2, 0.25) is 0 Å². The second-order valence-electron chi connectivity index (χ2n) is 6.71. The summed E-state index contributed by atoms with van der Waals surface area (Å²) >= 11 is 0. The van der Waals surface area contributed by atoms with Crippen molar-refractivity contribution in [3.8, 4) is 0 Å². The highest BCUT2D eigenvalue weighted by atomic mass is 16.4. The van der Waals surface area contributed by atoms with Crippen LogP contribution in [0.3, 0.4) is 0 Å². The fourth-order valence-electron chi connectivity index (χ4n) is 3.07. The number of carbonyl (C=O) groups is 2. The fraction of sp³-hybridized carbons (Fsp3) is 0.238. The van der Waals surface area contributed by atoms with Gasteiger partial charge in [0.05, 0.1) is 5.56 Å². The molecule has 5 nitrogen and oxygen atoms in total. The van der Waals surface area contributed by atoms with Gasteiger partial charge in [-0.05, 0) is 17.5 Å². The van der Waals surface area contributed by atoms with Crippen molar-refractivity contribution in [2.45, 2.75) is 26.4 Å². The number of carbonyl (C=O) groups excluding carboxylic acids is 1. The molecule has 0 aliphatic heterocycles. The van der Waals surface area contributed by atoms with E-state index in [1.807, 2.05) is 59.2 Å². The Bertz CT molecular complexity index is 929. The first-order valence-corrected chi connectivity index (χ1v) is 8.63. The molecule has 0 spiro atoms. The van der Waals surface area contributed by atoms with E-state index in [4.69, 9.17) is 0 Å². The van der Waals surface area contributed by atoms with Gasteiger partial charge in [-0.2, -0.15) is 0 Å². The molecule has 1 aromatic heterocycles. The van der Waals surface area contributed by atoms with Gasteiger partial charge in [-0.15, -0.1) is 0 Å². The Labute approximate surface area is 152 Å². The van der Waals surface area contributed by atoms with Gasteiger partial charge < -0.3 is 15.0 Å². The van der Waals surface area contributed by atoms with Crippen molar-refractivity contribution in [2.24, 2.45) is 5.92 Å². The highest BCUT2D eigenvalue weighted by Gasteiger charge is 2.25. The predicted octanol–water partition coefficient (Wildman–Crippen LogP) is 3.53. The smallest absolute Gasteiger partial charge is 0.326 e. The molecule has 0 bridgehead atoms. The molecule has 1 heterocycles. The third-order valence-electron chi connectivity index (χ3n) is 4.45. The zero-order valence-electron chi connectivity index (χ0n) is 14.8. The Morgan fingerprint density at radius 1 is 1.04 bits per heavy atom. The summed E-state index contributed by atoms with van der Waals surface area (Å²) in [6.45, 7) is 4.19. The van der Waals surface area contributed by atoms with E-state index in [1.54, 1.807) is 20.0 Å². The number of nitrogens with one attached hydrogen (secondary N) is 1. The molecule has 1 amide bonds. The Morgan fingerprint density at radius 2 is 1.69 bits per heavy atom. The maximum atomic E-state index is 12.8. The molecular weight excluding hydrogens is 328 g/mol. The quantitative estimate of drug-likeness (QED) is 0.714. The molecule has 1 atom stereocenters. The van der Waals surface area contributed by atoms with Gasteiger partial charge in [0.2, 0.25) is 0 Å². The normalized spacial score (nSPS) is 12.3. The van der Waals surface area contributed by atoms with E-state index in [0.29, 0.717) is 12.1 Å². The lowest BCUT2D eigenvalue weighted by Gasteiger charge is -2.17. The number of benzene rings is 2. The largest absolute Gasteiger partial charge is 0.480 e. The van der Waals surface area contributed by atoms with Gasteiger partial charge in [-0.3, -0.25) is 4.79 Å². The number of hydrogen-bond donors (Lipinski definition) is 2. The van der Waals surface area contributed by atoms with Crippen molar-refractivity contribution in [2.75, 3.05) is 0 Å². The van der Waals surface area contributed by atoms with E-state index >= 15 is 0 Å². The van der Waals surface area contributed by atoms with Gasteiger partial charge in [0.1, 0.15) is 6.04 Å². The van der Waals surface area contributed by atoms with Gasteiger partial charge in [-0.1, -0.05) is 62.4 Å². The number of rotatable bonds is 6. The molecular formula is C21H22N2O3. The van der Waals surface area contributed by atoms with Gasteiger partial charge in [0.15, 0.2) is 0 Å². The molecule has 26 heavy (non-hydrogen) atoms. The van der Waals surface area contributed by atoms with E-state index < -0.39 is 12.0 Å². The van der Waals surface area contributed by atoms with E-state index in [9.17, 15) is 14.7 Å². The zero-order chi connectivity index (χ0) is 18.7. The fourth-order valence-corrected chi connectivity index (χ4v) is 3.07. The summed E-state index contributed by atoms with van der Waals surface area (Å²) in [5.41, 5.74) is 2.56. The van der Waals surface area contributed by atoms with Crippen molar-refractivity contribution >= 4 is 22.8 Å². The van der Waals surface area contributed by atoms with Gasteiger partial charge in [0, 0.05) is 23.6 Å². The Kier molecular flexibility index (Phi) is 5.07. The Balaban J connectivity index is 1.96. The lowest BCUT2D eigenvalue weighted by atomic mass is 10.0. The number of hydrogen-bond acceptors (Lipinski definition) is 2. The van der Waals surface area contributed by atoms with Crippen LogP contribution in [0.1, 0.15) is 29.8 Å². The van der Waals surface area contributed by atoms with E-state index in [0.717, 1.165) is 16.5 Å². The highest BCUT2D eigenvalue weighted by molar-refractivity contribution is 6.08. The summed E-state index contributed by atoms with van der Waals surface area (Å²) in [4.78, 5) is 24.2. The second-order valence-corrected chi connectivity index (χ2v) is 6.71. The van der Waals surface area contributed by atoms with E-state index in [2.05, 4.69) is 5.32 Å². The first-order valence-electron chi connectivity index (χ1n) is 8.63. The molecule has 0 fully saturated rings. The maximum Gasteiger partial charge on any atom is 0.326 e. The third kappa shape index (κ3) is 3.61.